The first-order valence-electron chi connectivity index (χ1n) is 11.2. The zero-order chi connectivity index (χ0) is 23.0. The summed E-state index contributed by atoms with van der Waals surface area (Å²) >= 11 is 0. The number of aromatic nitrogens is 3. The lowest BCUT2D eigenvalue weighted by atomic mass is 9.81. The highest BCUT2D eigenvalue weighted by Crippen LogP contribution is 2.40. The van der Waals surface area contributed by atoms with Crippen LogP contribution in [0, 0.1) is 5.92 Å². The van der Waals surface area contributed by atoms with Gasteiger partial charge in [-0.1, -0.05) is 36.4 Å². The molecule has 1 aliphatic carbocycles. The van der Waals surface area contributed by atoms with Gasteiger partial charge in [0.15, 0.2) is 0 Å². The second-order valence-electron chi connectivity index (χ2n) is 8.73. The number of imidazole rings is 1. The smallest absolute Gasteiger partial charge is 0.308 e. The fraction of sp³-hybridized carbons (Fsp3) is 0.346. The molecule has 2 heterocycles. The van der Waals surface area contributed by atoms with Crippen molar-refractivity contribution < 1.29 is 18.3 Å². The van der Waals surface area contributed by atoms with Crippen molar-refractivity contribution in [1.29, 1.82) is 0 Å². The SMILES string of the molecule is COC(=O)C1CCC(c2nc3c4cnccc4ccc3n2CC(F)(F)c2ccccc2)CC1. The molecule has 0 spiro atoms. The van der Waals surface area contributed by atoms with E-state index in [1.54, 1.807) is 35.2 Å². The molecule has 2 aromatic carbocycles. The van der Waals surface area contributed by atoms with Gasteiger partial charge >= 0.3 is 5.97 Å². The van der Waals surface area contributed by atoms with E-state index in [0.717, 1.165) is 10.8 Å². The van der Waals surface area contributed by atoms with Crippen LogP contribution in [-0.4, -0.2) is 27.6 Å². The maximum atomic E-state index is 15.4. The van der Waals surface area contributed by atoms with Gasteiger partial charge in [0.05, 0.1) is 30.6 Å². The van der Waals surface area contributed by atoms with Crippen molar-refractivity contribution in [2.24, 2.45) is 5.92 Å². The van der Waals surface area contributed by atoms with E-state index in [-0.39, 0.29) is 23.4 Å². The van der Waals surface area contributed by atoms with Gasteiger partial charge in [0, 0.05) is 29.3 Å². The number of esters is 1. The van der Waals surface area contributed by atoms with E-state index in [2.05, 4.69) is 4.98 Å². The van der Waals surface area contributed by atoms with Gasteiger partial charge in [0.25, 0.3) is 5.92 Å². The lowest BCUT2D eigenvalue weighted by Gasteiger charge is -2.28. The number of alkyl halides is 2. The third-order valence-corrected chi connectivity index (χ3v) is 6.75. The number of methoxy groups -OCH3 is 1. The number of rotatable bonds is 5. The Morgan fingerprint density at radius 1 is 1.09 bits per heavy atom. The van der Waals surface area contributed by atoms with Crippen LogP contribution in [0.1, 0.15) is 43.0 Å². The summed E-state index contributed by atoms with van der Waals surface area (Å²) in [6.07, 6.45) is 6.19. The van der Waals surface area contributed by atoms with Crippen molar-refractivity contribution in [3.05, 3.63) is 72.3 Å². The number of hydrogen-bond donors (Lipinski definition) is 0. The zero-order valence-electron chi connectivity index (χ0n) is 18.4. The molecule has 0 unspecified atom stereocenters. The number of halogens is 2. The largest absolute Gasteiger partial charge is 0.469 e. The molecule has 0 saturated heterocycles. The molecular weight excluding hydrogens is 424 g/mol. The Hall–Kier alpha value is -3.35. The first-order chi connectivity index (χ1) is 16.0. The topological polar surface area (TPSA) is 57.0 Å². The van der Waals surface area contributed by atoms with E-state index in [4.69, 9.17) is 9.72 Å². The van der Waals surface area contributed by atoms with Crippen molar-refractivity contribution in [1.82, 2.24) is 14.5 Å². The summed E-state index contributed by atoms with van der Waals surface area (Å²) in [5.41, 5.74) is 1.35. The van der Waals surface area contributed by atoms with Gasteiger partial charge < -0.3 is 9.30 Å². The minimum atomic E-state index is -3.06. The molecule has 0 radical (unpaired) electrons. The summed E-state index contributed by atoms with van der Waals surface area (Å²) in [5.74, 6) is -2.75. The molecule has 7 heteroatoms. The van der Waals surface area contributed by atoms with Gasteiger partial charge in [-0.15, -0.1) is 0 Å². The van der Waals surface area contributed by atoms with Crippen LogP contribution in [0.2, 0.25) is 0 Å². The zero-order valence-corrected chi connectivity index (χ0v) is 18.4. The highest BCUT2D eigenvalue weighted by molar-refractivity contribution is 6.03. The number of ether oxygens (including phenoxy) is 1. The quantitative estimate of drug-likeness (QED) is 0.360. The van der Waals surface area contributed by atoms with Gasteiger partial charge in [-0.3, -0.25) is 9.78 Å². The maximum Gasteiger partial charge on any atom is 0.308 e. The van der Waals surface area contributed by atoms with Crippen molar-refractivity contribution in [2.75, 3.05) is 7.11 Å². The predicted molar refractivity (Wildman–Crippen MR) is 122 cm³/mol. The summed E-state index contributed by atoms with van der Waals surface area (Å²) in [7, 11) is 1.40. The van der Waals surface area contributed by atoms with Crippen molar-refractivity contribution in [2.45, 2.75) is 44.1 Å². The number of carbonyl (C=O) groups excluding carboxylic acids is 1. The second kappa shape index (κ2) is 8.54. The molecular formula is C26H25F2N3O2. The van der Waals surface area contributed by atoms with Crippen LogP contribution in [-0.2, 0) is 22.0 Å². The van der Waals surface area contributed by atoms with Crippen LogP contribution in [0.3, 0.4) is 0 Å². The summed E-state index contributed by atoms with van der Waals surface area (Å²) in [4.78, 5) is 21.1. The lowest BCUT2D eigenvalue weighted by Crippen LogP contribution is -2.26. The van der Waals surface area contributed by atoms with Crippen molar-refractivity contribution >= 4 is 27.8 Å². The molecule has 5 rings (SSSR count). The van der Waals surface area contributed by atoms with E-state index in [0.29, 0.717) is 42.5 Å². The molecule has 2 aromatic heterocycles. The molecule has 170 valence electrons. The van der Waals surface area contributed by atoms with Gasteiger partial charge in [-0.25, -0.2) is 4.98 Å². The first-order valence-corrected chi connectivity index (χ1v) is 11.2. The number of pyridine rings is 1. The molecule has 0 bridgehead atoms. The normalized spacial score (nSPS) is 19.1. The van der Waals surface area contributed by atoms with Crippen molar-refractivity contribution in [3.8, 4) is 0 Å². The standard InChI is InChI=1S/C26H25F2N3O2/c1-33-25(32)19-9-7-18(8-10-19)24-30-23-21-15-29-14-13-17(21)11-12-22(23)31(24)16-26(27,28)20-5-3-2-4-6-20/h2-6,11-15,18-19H,7-10,16H2,1H3. The number of fused-ring (bicyclic) bond motifs is 3. The van der Waals surface area contributed by atoms with Crippen LogP contribution < -0.4 is 0 Å². The Kier molecular flexibility index (Phi) is 5.56. The van der Waals surface area contributed by atoms with E-state index in [1.807, 2.05) is 18.2 Å². The number of nitrogens with zero attached hydrogens (tertiary/aromatic N) is 3. The molecule has 0 N–H and O–H groups in total. The average molecular weight is 450 g/mol. The van der Waals surface area contributed by atoms with Gasteiger partial charge in [-0.05, 0) is 43.2 Å². The molecule has 0 atom stereocenters. The maximum absolute atomic E-state index is 15.4. The number of benzene rings is 2. The van der Waals surface area contributed by atoms with E-state index in [9.17, 15) is 4.79 Å². The summed E-state index contributed by atoms with van der Waals surface area (Å²) < 4.78 is 37.4. The summed E-state index contributed by atoms with van der Waals surface area (Å²) in [6.45, 7) is -0.494. The Labute approximate surface area is 190 Å². The van der Waals surface area contributed by atoms with Crippen LogP contribution >= 0.6 is 0 Å². The van der Waals surface area contributed by atoms with Gasteiger partial charge in [-0.2, -0.15) is 8.78 Å². The molecule has 4 aromatic rings. The highest BCUT2D eigenvalue weighted by Gasteiger charge is 2.36. The molecule has 0 aliphatic heterocycles. The van der Waals surface area contributed by atoms with Crippen LogP contribution in [0.4, 0.5) is 8.78 Å². The minimum Gasteiger partial charge on any atom is -0.469 e. The Morgan fingerprint density at radius 2 is 1.85 bits per heavy atom. The molecule has 1 saturated carbocycles. The van der Waals surface area contributed by atoms with Crippen molar-refractivity contribution in [3.63, 3.8) is 0 Å². The lowest BCUT2D eigenvalue weighted by molar-refractivity contribution is -0.146. The monoisotopic (exact) mass is 449 g/mol. The van der Waals surface area contributed by atoms with E-state index in [1.165, 1.54) is 19.2 Å². The first kappa shape index (κ1) is 21.5. The molecule has 33 heavy (non-hydrogen) atoms. The highest BCUT2D eigenvalue weighted by atomic mass is 19.3. The third kappa shape index (κ3) is 3.96. The Balaban J connectivity index is 1.59. The fourth-order valence-corrected chi connectivity index (χ4v) is 4.97. The number of carbonyl (C=O) groups is 1. The number of hydrogen-bond acceptors (Lipinski definition) is 4. The fourth-order valence-electron chi connectivity index (χ4n) is 4.97. The van der Waals surface area contributed by atoms with Crippen LogP contribution in [0.25, 0.3) is 21.8 Å². The van der Waals surface area contributed by atoms with Gasteiger partial charge in [0.1, 0.15) is 5.82 Å². The second-order valence-corrected chi connectivity index (χ2v) is 8.73. The third-order valence-electron chi connectivity index (χ3n) is 6.75. The molecule has 0 amide bonds. The molecule has 5 nitrogen and oxygen atoms in total. The van der Waals surface area contributed by atoms with Crippen LogP contribution in [0.15, 0.2) is 60.9 Å². The molecule has 1 fully saturated rings. The Bertz CT molecular complexity index is 1300. The van der Waals surface area contributed by atoms with Gasteiger partial charge in [0.2, 0.25) is 0 Å². The summed E-state index contributed by atoms with van der Waals surface area (Å²) in [6, 6.07) is 13.6. The van der Waals surface area contributed by atoms with Crippen LogP contribution in [0.5, 0.6) is 0 Å². The Morgan fingerprint density at radius 3 is 2.58 bits per heavy atom. The van der Waals surface area contributed by atoms with E-state index < -0.39 is 12.5 Å². The minimum absolute atomic E-state index is 0.00315. The van der Waals surface area contributed by atoms with E-state index >= 15 is 8.78 Å². The average Bonchev–Trinajstić information content (AvgIpc) is 3.22. The predicted octanol–water partition coefficient (Wildman–Crippen LogP) is 5.82. The molecule has 1 aliphatic rings. The summed E-state index contributed by atoms with van der Waals surface area (Å²) in [5, 5.41) is 1.82.